The molecule has 0 radical (unpaired) electrons. The maximum atomic E-state index is 12.0. The molecule has 2 fully saturated rings. The summed E-state index contributed by atoms with van der Waals surface area (Å²) in [4.78, 5) is 22.7. The molecule has 0 atom stereocenters. The van der Waals surface area contributed by atoms with E-state index in [0.29, 0.717) is 5.88 Å². The molecular formula is C19H22BrN3O3. The molecule has 2 heterocycles. The highest BCUT2D eigenvalue weighted by Crippen LogP contribution is 2.49. The molecule has 1 saturated carbocycles. The van der Waals surface area contributed by atoms with Gasteiger partial charge in [0.2, 0.25) is 5.88 Å². The summed E-state index contributed by atoms with van der Waals surface area (Å²) in [5, 5.41) is 0. The van der Waals surface area contributed by atoms with Crippen molar-refractivity contribution in [1.82, 2.24) is 14.9 Å². The van der Waals surface area contributed by atoms with Crippen molar-refractivity contribution in [2.24, 2.45) is 5.41 Å². The van der Waals surface area contributed by atoms with Crippen LogP contribution in [0.5, 0.6) is 5.88 Å². The van der Waals surface area contributed by atoms with Crippen LogP contribution in [0.15, 0.2) is 28.9 Å². The van der Waals surface area contributed by atoms with Crippen molar-refractivity contribution in [1.29, 1.82) is 0 Å². The summed E-state index contributed by atoms with van der Waals surface area (Å²) in [6.07, 6.45) is 3.46. The monoisotopic (exact) mass is 419 g/mol. The topological polar surface area (TPSA) is 64.5 Å². The number of carbonyl (C=O) groups excluding carboxylic acids is 1. The molecule has 1 saturated heterocycles. The van der Waals surface area contributed by atoms with E-state index in [1.807, 2.05) is 39.0 Å². The number of carbonyl (C=O) groups is 1. The fourth-order valence-electron chi connectivity index (χ4n) is 3.66. The van der Waals surface area contributed by atoms with Gasteiger partial charge in [-0.2, -0.15) is 0 Å². The number of rotatable bonds is 2. The van der Waals surface area contributed by atoms with Gasteiger partial charge >= 0.3 is 6.09 Å². The van der Waals surface area contributed by atoms with Crippen LogP contribution in [0, 0.1) is 5.41 Å². The fourth-order valence-corrected chi connectivity index (χ4v) is 4.01. The van der Waals surface area contributed by atoms with Crippen molar-refractivity contribution in [2.75, 3.05) is 13.1 Å². The van der Waals surface area contributed by atoms with Gasteiger partial charge in [-0.1, -0.05) is 15.9 Å². The van der Waals surface area contributed by atoms with Crippen molar-refractivity contribution in [3.8, 4) is 5.88 Å². The van der Waals surface area contributed by atoms with Gasteiger partial charge in [0.05, 0.1) is 17.2 Å². The van der Waals surface area contributed by atoms with Crippen LogP contribution in [-0.4, -0.2) is 45.8 Å². The van der Waals surface area contributed by atoms with E-state index in [-0.39, 0.29) is 17.6 Å². The molecule has 0 unspecified atom stereocenters. The SMILES string of the molecule is CC(C)(C)OC(=O)N1CC2(CC(Oc3cnc4ccc(Br)cc4n3)C2)C1. The summed E-state index contributed by atoms with van der Waals surface area (Å²) in [7, 11) is 0. The van der Waals surface area contributed by atoms with Crippen LogP contribution in [0.1, 0.15) is 33.6 Å². The van der Waals surface area contributed by atoms with Crippen molar-refractivity contribution in [2.45, 2.75) is 45.3 Å². The third kappa shape index (κ3) is 3.49. The molecule has 4 rings (SSSR count). The molecule has 1 aliphatic carbocycles. The van der Waals surface area contributed by atoms with Crippen LogP contribution >= 0.6 is 15.9 Å². The predicted molar refractivity (Wildman–Crippen MR) is 101 cm³/mol. The van der Waals surface area contributed by atoms with Crippen molar-refractivity contribution >= 4 is 33.1 Å². The summed E-state index contributed by atoms with van der Waals surface area (Å²) in [5.41, 5.74) is 1.40. The Hall–Kier alpha value is -1.89. The van der Waals surface area contributed by atoms with E-state index in [1.165, 1.54) is 0 Å². The van der Waals surface area contributed by atoms with Crippen LogP contribution in [0.4, 0.5) is 4.79 Å². The first-order valence-corrected chi connectivity index (χ1v) is 9.58. The standard InChI is InChI=1S/C19H22BrN3O3/c1-18(2,3)26-17(24)23-10-19(11-23)7-13(8-19)25-16-9-21-14-5-4-12(20)6-15(14)22-16/h4-6,9,13H,7-8,10-11H2,1-3H3. The lowest BCUT2D eigenvalue weighted by Crippen LogP contribution is -2.66. The molecule has 1 amide bonds. The van der Waals surface area contributed by atoms with E-state index >= 15 is 0 Å². The van der Waals surface area contributed by atoms with Crippen molar-refractivity contribution in [3.63, 3.8) is 0 Å². The molecule has 1 aromatic heterocycles. The number of benzene rings is 1. The van der Waals surface area contributed by atoms with E-state index in [9.17, 15) is 4.79 Å². The van der Waals surface area contributed by atoms with E-state index in [2.05, 4.69) is 25.9 Å². The Bertz CT molecular complexity index is 851. The fraction of sp³-hybridized carbons (Fsp3) is 0.526. The highest BCUT2D eigenvalue weighted by Gasteiger charge is 2.55. The number of ether oxygens (including phenoxy) is 2. The number of aromatic nitrogens is 2. The normalized spacial score (nSPS) is 19.2. The Labute approximate surface area is 161 Å². The average molecular weight is 420 g/mol. The van der Waals surface area contributed by atoms with Gasteiger partial charge in [0.15, 0.2) is 0 Å². The number of amides is 1. The van der Waals surface area contributed by atoms with Gasteiger partial charge in [-0.15, -0.1) is 0 Å². The quantitative estimate of drug-likeness (QED) is 0.730. The number of hydrogen-bond donors (Lipinski definition) is 0. The molecule has 2 aromatic rings. The zero-order chi connectivity index (χ0) is 18.5. The maximum absolute atomic E-state index is 12.0. The number of halogens is 1. The number of nitrogens with zero attached hydrogens (tertiary/aromatic N) is 3. The van der Waals surface area contributed by atoms with Gasteiger partial charge in [-0.3, -0.25) is 0 Å². The molecule has 6 nitrogen and oxygen atoms in total. The largest absolute Gasteiger partial charge is 0.473 e. The molecule has 1 aromatic carbocycles. The van der Waals surface area contributed by atoms with Crippen molar-refractivity contribution < 1.29 is 14.3 Å². The van der Waals surface area contributed by atoms with Crippen LogP contribution in [0.25, 0.3) is 11.0 Å². The van der Waals surface area contributed by atoms with E-state index in [1.54, 1.807) is 11.1 Å². The van der Waals surface area contributed by atoms with Gasteiger partial charge in [-0.25, -0.2) is 14.8 Å². The lowest BCUT2D eigenvalue weighted by molar-refractivity contribution is -0.117. The first-order chi connectivity index (χ1) is 12.2. The first kappa shape index (κ1) is 17.5. The summed E-state index contributed by atoms with van der Waals surface area (Å²) >= 11 is 3.45. The van der Waals surface area contributed by atoms with Gasteiger partial charge in [0.25, 0.3) is 0 Å². The molecule has 0 N–H and O–H groups in total. The predicted octanol–water partition coefficient (Wildman–Crippen LogP) is 4.17. The van der Waals surface area contributed by atoms with E-state index in [0.717, 1.165) is 41.4 Å². The minimum absolute atomic E-state index is 0.134. The smallest absolute Gasteiger partial charge is 0.410 e. The van der Waals surface area contributed by atoms with Crippen LogP contribution in [0.2, 0.25) is 0 Å². The second-order valence-electron chi connectivity index (χ2n) is 8.33. The highest BCUT2D eigenvalue weighted by molar-refractivity contribution is 9.10. The Morgan fingerprint density at radius 1 is 1.27 bits per heavy atom. The maximum Gasteiger partial charge on any atom is 0.410 e. The Morgan fingerprint density at radius 2 is 2.00 bits per heavy atom. The molecule has 2 aliphatic rings. The zero-order valence-electron chi connectivity index (χ0n) is 15.2. The Kier molecular flexibility index (Phi) is 4.10. The summed E-state index contributed by atoms with van der Waals surface area (Å²) in [6, 6.07) is 5.80. The molecule has 138 valence electrons. The second-order valence-corrected chi connectivity index (χ2v) is 9.24. The van der Waals surface area contributed by atoms with Gasteiger partial charge in [0.1, 0.15) is 11.7 Å². The lowest BCUT2D eigenvalue weighted by Gasteiger charge is -2.57. The van der Waals surface area contributed by atoms with E-state index in [4.69, 9.17) is 9.47 Å². The second kappa shape index (κ2) is 6.08. The minimum Gasteiger partial charge on any atom is -0.473 e. The first-order valence-electron chi connectivity index (χ1n) is 8.78. The third-order valence-corrected chi connectivity index (χ3v) is 5.29. The molecule has 1 aliphatic heterocycles. The van der Waals surface area contributed by atoms with Crippen LogP contribution in [-0.2, 0) is 4.74 Å². The number of fused-ring (bicyclic) bond motifs is 1. The van der Waals surface area contributed by atoms with E-state index < -0.39 is 5.60 Å². The summed E-state index contributed by atoms with van der Waals surface area (Å²) in [5.74, 6) is 0.554. The molecule has 26 heavy (non-hydrogen) atoms. The number of hydrogen-bond acceptors (Lipinski definition) is 5. The molecular weight excluding hydrogens is 398 g/mol. The lowest BCUT2D eigenvalue weighted by atomic mass is 9.62. The Balaban J connectivity index is 1.30. The zero-order valence-corrected chi connectivity index (χ0v) is 16.7. The summed E-state index contributed by atoms with van der Waals surface area (Å²) < 4.78 is 12.4. The summed E-state index contributed by atoms with van der Waals surface area (Å²) in [6.45, 7) is 7.15. The van der Waals surface area contributed by atoms with Gasteiger partial charge in [-0.05, 0) is 51.8 Å². The van der Waals surface area contributed by atoms with Gasteiger partial charge in [0, 0.05) is 23.0 Å². The molecule has 0 bridgehead atoms. The average Bonchev–Trinajstić information content (AvgIpc) is 2.45. The van der Waals surface area contributed by atoms with Gasteiger partial charge < -0.3 is 14.4 Å². The highest BCUT2D eigenvalue weighted by atomic mass is 79.9. The Morgan fingerprint density at radius 3 is 2.69 bits per heavy atom. The number of likely N-dealkylation sites (tertiary alicyclic amines) is 1. The van der Waals surface area contributed by atoms with Crippen LogP contribution in [0.3, 0.4) is 0 Å². The third-order valence-electron chi connectivity index (χ3n) is 4.80. The van der Waals surface area contributed by atoms with Crippen molar-refractivity contribution in [3.05, 3.63) is 28.9 Å². The van der Waals surface area contributed by atoms with Crippen LogP contribution < -0.4 is 4.74 Å². The molecule has 1 spiro atoms. The minimum atomic E-state index is -0.450. The molecule has 7 heteroatoms.